The second-order valence-corrected chi connectivity index (χ2v) is 9.65. The molecule has 37 heavy (non-hydrogen) atoms. The van der Waals surface area contributed by atoms with Gasteiger partial charge in [0.1, 0.15) is 11.6 Å². The molecular weight excluding hydrogens is 496 g/mol. The average molecular weight is 525 g/mol. The van der Waals surface area contributed by atoms with Crippen molar-refractivity contribution in [1.82, 2.24) is 20.9 Å². The third kappa shape index (κ3) is 6.48. The monoisotopic (exact) mass is 524 g/mol. The van der Waals surface area contributed by atoms with Gasteiger partial charge in [0, 0.05) is 23.0 Å². The van der Waals surface area contributed by atoms with Gasteiger partial charge in [0.05, 0.1) is 12.6 Å². The number of nitrogens with zero attached hydrogens (tertiary/aromatic N) is 1. The number of ketones is 1. The van der Waals surface area contributed by atoms with Crippen molar-refractivity contribution in [2.75, 3.05) is 6.54 Å². The van der Waals surface area contributed by atoms with Crippen LogP contribution in [-0.4, -0.2) is 53.2 Å². The summed E-state index contributed by atoms with van der Waals surface area (Å²) in [5.41, 5.74) is 1.46. The van der Waals surface area contributed by atoms with E-state index in [4.69, 9.17) is 16.0 Å². The summed E-state index contributed by atoms with van der Waals surface area (Å²) in [4.78, 5) is 52.6. The predicted octanol–water partition coefficient (Wildman–Crippen LogP) is 3.65. The Labute approximate surface area is 219 Å². The van der Waals surface area contributed by atoms with E-state index < -0.39 is 23.9 Å². The van der Waals surface area contributed by atoms with Gasteiger partial charge in [0.25, 0.3) is 5.91 Å². The SMILES string of the molecule is C[C@H](NC(=O)c1cc2cc(Cl)ccc2o1)C(=O)N[C@H]1CC[C@@H](C)N(C(=O)NCc2ccccc2)CC1=O. The van der Waals surface area contributed by atoms with E-state index in [-0.39, 0.29) is 30.2 Å². The zero-order chi connectivity index (χ0) is 26.5. The molecule has 0 unspecified atom stereocenters. The zero-order valence-electron chi connectivity index (χ0n) is 20.6. The molecule has 0 bridgehead atoms. The molecule has 1 aliphatic heterocycles. The summed E-state index contributed by atoms with van der Waals surface area (Å²) in [6.07, 6.45) is 0.928. The van der Waals surface area contributed by atoms with Gasteiger partial charge < -0.3 is 25.3 Å². The first-order valence-corrected chi connectivity index (χ1v) is 12.5. The number of nitrogens with one attached hydrogen (secondary N) is 3. The summed E-state index contributed by atoms with van der Waals surface area (Å²) < 4.78 is 5.54. The number of carbonyl (C=O) groups is 4. The van der Waals surface area contributed by atoms with Crippen LogP contribution in [0, 0.1) is 0 Å². The fourth-order valence-corrected chi connectivity index (χ4v) is 4.40. The van der Waals surface area contributed by atoms with Gasteiger partial charge in [-0.05, 0) is 56.5 Å². The Morgan fingerprint density at radius 3 is 2.62 bits per heavy atom. The predicted molar refractivity (Wildman–Crippen MR) is 139 cm³/mol. The molecule has 4 amide bonds. The van der Waals surface area contributed by atoms with Gasteiger partial charge in [-0.2, -0.15) is 0 Å². The number of halogens is 1. The maximum Gasteiger partial charge on any atom is 0.318 e. The molecule has 3 N–H and O–H groups in total. The van der Waals surface area contributed by atoms with Gasteiger partial charge in [-0.1, -0.05) is 41.9 Å². The van der Waals surface area contributed by atoms with Gasteiger partial charge in [0.15, 0.2) is 11.5 Å². The van der Waals surface area contributed by atoms with Crippen LogP contribution in [0.5, 0.6) is 0 Å². The van der Waals surface area contributed by atoms with E-state index in [1.54, 1.807) is 24.3 Å². The van der Waals surface area contributed by atoms with E-state index in [0.29, 0.717) is 35.4 Å². The Kier molecular flexibility index (Phi) is 8.13. The first-order chi connectivity index (χ1) is 17.7. The van der Waals surface area contributed by atoms with Gasteiger partial charge in [-0.15, -0.1) is 0 Å². The summed E-state index contributed by atoms with van der Waals surface area (Å²) in [7, 11) is 0. The third-order valence-electron chi connectivity index (χ3n) is 6.43. The van der Waals surface area contributed by atoms with Crippen molar-refractivity contribution in [1.29, 1.82) is 0 Å². The molecule has 2 aromatic carbocycles. The van der Waals surface area contributed by atoms with Gasteiger partial charge in [-0.3, -0.25) is 14.4 Å². The van der Waals surface area contributed by atoms with Gasteiger partial charge >= 0.3 is 6.03 Å². The van der Waals surface area contributed by atoms with E-state index in [2.05, 4.69) is 16.0 Å². The Hall–Kier alpha value is -3.85. The summed E-state index contributed by atoms with van der Waals surface area (Å²) in [5, 5.41) is 9.37. The van der Waals surface area contributed by atoms with Gasteiger partial charge in [0.2, 0.25) is 5.91 Å². The first-order valence-electron chi connectivity index (χ1n) is 12.1. The van der Waals surface area contributed by atoms with Crippen molar-refractivity contribution in [3.8, 4) is 0 Å². The highest BCUT2D eigenvalue weighted by atomic mass is 35.5. The second kappa shape index (κ2) is 11.5. The molecule has 0 saturated carbocycles. The number of amides is 4. The van der Waals surface area contributed by atoms with Crippen molar-refractivity contribution in [3.05, 3.63) is 70.9 Å². The standard InChI is InChI=1S/C27H29ClN4O5/c1-16-8-10-21(22(33)15-32(16)27(36)29-14-18-6-4-3-5-7-18)31-25(34)17(2)30-26(35)24-13-19-12-20(28)9-11-23(19)37-24/h3-7,9,11-13,16-17,21H,8,10,14-15H2,1-2H3,(H,29,36)(H,30,35)(H,31,34)/t16-,17+,21+/m1/s1. The molecule has 1 aromatic heterocycles. The molecule has 1 fully saturated rings. The fourth-order valence-electron chi connectivity index (χ4n) is 4.21. The Morgan fingerprint density at radius 2 is 1.86 bits per heavy atom. The van der Waals surface area contributed by atoms with E-state index in [0.717, 1.165) is 5.56 Å². The Morgan fingerprint density at radius 1 is 1.11 bits per heavy atom. The quantitative estimate of drug-likeness (QED) is 0.454. The van der Waals surface area contributed by atoms with Crippen LogP contribution in [0.25, 0.3) is 11.0 Å². The highest BCUT2D eigenvalue weighted by Gasteiger charge is 2.33. The maximum absolute atomic E-state index is 12.9. The highest BCUT2D eigenvalue weighted by molar-refractivity contribution is 6.31. The van der Waals surface area contributed by atoms with E-state index >= 15 is 0 Å². The number of rotatable bonds is 6. The van der Waals surface area contributed by atoms with Crippen molar-refractivity contribution < 1.29 is 23.6 Å². The molecule has 9 nitrogen and oxygen atoms in total. The van der Waals surface area contributed by atoms with Crippen LogP contribution in [0.1, 0.15) is 42.8 Å². The summed E-state index contributed by atoms with van der Waals surface area (Å²) >= 11 is 5.98. The van der Waals surface area contributed by atoms with Crippen molar-refractivity contribution >= 4 is 46.2 Å². The van der Waals surface area contributed by atoms with Crippen LogP contribution in [0.15, 0.2) is 59.0 Å². The van der Waals surface area contributed by atoms with E-state index in [1.807, 2.05) is 37.3 Å². The van der Waals surface area contributed by atoms with Crippen molar-refractivity contribution in [2.45, 2.75) is 51.4 Å². The summed E-state index contributed by atoms with van der Waals surface area (Å²) in [6, 6.07) is 13.9. The van der Waals surface area contributed by atoms with E-state index in [1.165, 1.54) is 11.8 Å². The topological polar surface area (TPSA) is 121 Å². The number of benzene rings is 2. The largest absolute Gasteiger partial charge is 0.451 e. The van der Waals surface area contributed by atoms with Gasteiger partial charge in [-0.25, -0.2) is 4.79 Å². The average Bonchev–Trinajstić information content (AvgIpc) is 3.25. The lowest BCUT2D eigenvalue weighted by atomic mass is 10.1. The lowest BCUT2D eigenvalue weighted by molar-refractivity contribution is -0.128. The molecule has 4 rings (SSSR count). The normalized spacial score (nSPS) is 18.7. The first kappa shape index (κ1) is 26.2. The third-order valence-corrected chi connectivity index (χ3v) is 6.66. The van der Waals surface area contributed by atoms with Crippen LogP contribution in [-0.2, 0) is 16.1 Å². The molecule has 0 radical (unpaired) electrons. The number of carbonyl (C=O) groups excluding carboxylic acids is 4. The van der Waals surface area contributed by atoms with Crippen LogP contribution in [0.4, 0.5) is 4.79 Å². The van der Waals surface area contributed by atoms with E-state index in [9.17, 15) is 19.2 Å². The van der Waals surface area contributed by atoms with Crippen LogP contribution >= 0.6 is 11.6 Å². The molecule has 10 heteroatoms. The van der Waals surface area contributed by atoms with Crippen LogP contribution in [0.3, 0.4) is 0 Å². The lowest BCUT2D eigenvalue weighted by Crippen LogP contribution is -2.52. The molecule has 2 heterocycles. The lowest BCUT2D eigenvalue weighted by Gasteiger charge is -2.26. The zero-order valence-corrected chi connectivity index (χ0v) is 21.4. The van der Waals surface area contributed by atoms with Crippen molar-refractivity contribution in [2.24, 2.45) is 0 Å². The molecular formula is C27H29ClN4O5. The number of fused-ring (bicyclic) bond motifs is 1. The van der Waals surface area contributed by atoms with Crippen LogP contribution in [0.2, 0.25) is 5.02 Å². The number of furan rings is 1. The van der Waals surface area contributed by atoms with Crippen LogP contribution < -0.4 is 16.0 Å². The molecule has 0 spiro atoms. The van der Waals surface area contributed by atoms with Crippen molar-refractivity contribution in [3.63, 3.8) is 0 Å². The Bertz CT molecular complexity index is 1310. The second-order valence-electron chi connectivity index (χ2n) is 9.21. The number of hydrogen-bond acceptors (Lipinski definition) is 5. The maximum atomic E-state index is 12.9. The number of urea groups is 1. The Balaban J connectivity index is 1.31. The molecule has 194 valence electrons. The molecule has 0 aliphatic carbocycles. The molecule has 1 aliphatic rings. The number of hydrogen-bond donors (Lipinski definition) is 3. The minimum absolute atomic E-state index is 0.0495. The minimum Gasteiger partial charge on any atom is -0.451 e. The fraction of sp³-hybridized carbons (Fsp3) is 0.333. The number of likely N-dealkylation sites (tertiary alicyclic amines) is 1. The molecule has 1 saturated heterocycles. The smallest absolute Gasteiger partial charge is 0.318 e. The highest BCUT2D eigenvalue weighted by Crippen LogP contribution is 2.23. The molecule has 3 aromatic rings. The molecule has 3 atom stereocenters. The minimum atomic E-state index is -0.914. The number of Topliss-reactive ketones (excluding diaryl/α,β-unsaturated/α-hetero) is 1. The summed E-state index contributed by atoms with van der Waals surface area (Å²) in [5.74, 6) is -1.27. The summed E-state index contributed by atoms with van der Waals surface area (Å²) in [6.45, 7) is 3.64.